The molecular weight excluding hydrogens is 128 g/mol. The molecule has 0 aromatic rings. The van der Waals surface area contributed by atoms with Crippen molar-refractivity contribution in [3.05, 3.63) is 0 Å². The molecule has 0 spiro atoms. The number of carbonyl (C=O) groups is 1. The van der Waals surface area contributed by atoms with Gasteiger partial charge < -0.3 is 0 Å². The number of hydrogen-bond donors (Lipinski definition) is 1. The third-order valence-electron chi connectivity index (χ3n) is 1.65. The molecule has 0 atom stereocenters. The summed E-state index contributed by atoms with van der Waals surface area (Å²) < 4.78 is 0. The van der Waals surface area contributed by atoms with E-state index in [1.165, 1.54) is 0 Å². The molecule has 0 saturated carbocycles. The minimum absolute atomic E-state index is 0.0972. The Morgan fingerprint density at radius 2 is 2.10 bits per heavy atom. The van der Waals surface area contributed by atoms with Crippen molar-refractivity contribution in [3.8, 4) is 0 Å². The van der Waals surface area contributed by atoms with Gasteiger partial charge in [0.1, 0.15) is 5.84 Å². The van der Waals surface area contributed by atoms with E-state index in [1.807, 2.05) is 13.8 Å². The number of amidine groups is 1. The predicted molar refractivity (Wildman–Crippen MR) is 38.9 cm³/mol. The van der Waals surface area contributed by atoms with Gasteiger partial charge in [0.2, 0.25) is 5.91 Å². The summed E-state index contributed by atoms with van der Waals surface area (Å²) in [4.78, 5) is 12.6. The quantitative estimate of drug-likeness (QED) is 0.580. The molecule has 0 unspecified atom stereocenters. The maximum atomic E-state index is 11.0. The van der Waals surface area contributed by atoms with Gasteiger partial charge in [0.15, 0.2) is 0 Å². The summed E-state index contributed by atoms with van der Waals surface area (Å²) in [5.41, 5.74) is 0. The summed E-state index contributed by atoms with van der Waals surface area (Å²) in [5.74, 6) is 0.569. The fourth-order valence-corrected chi connectivity index (χ4v) is 1.22. The van der Waals surface area contributed by atoms with Crippen molar-refractivity contribution < 1.29 is 4.79 Å². The second-order valence-electron chi connectivity index (χ2n) is 2.80. The topological polar surface area (TPSA) is 44.2 Å². The molecule has 0 aromatic carbocycles. The van der Waals surface area contributed by atoms with E-state index >= 15 is 0 Å². The van der Waals surface area contributed by atoms with Crippen molar-refractivity contribution in [1.82, 2.24) is 4.90 Å². The molecule has 1 N–H and O–H groups in total. The van der Waals surface area contributed by atoms with Crippen molar-refractivity contribution in [2.75, 3.05) is 0 Å². The van der Waals surface area contributed by atoms with Crippen LogP contribution in [-0.2, 0) is 4.79 Å². The normalized spacial score (nSPS) is 19.3. The van der Waals surface area contributed by atoms with Crippen LogP contribution in [0, 0.1) is 5.41 Å². The summed E-state index contributed by atoms with van der Waals surface area (Å²) in [7, 11) is 0. The van der Waals surface area contributed by atoms with Crippen LogP contribution in [0.25, 0.3) is 0 Å². The summed E-state index contributed by atoms with van der Waals surface area (Å²) >= 11 is 0. The molecule has 1 aliphatic rings. The van der Waals surface area contributed by atoms with Gasteiger partial charge in [-0.05, 0) is 13.8 Å². The Morgan fingerprint density at radius 1 is 1.50 bits per heavy atom. The Kier molecular flexibility index (Phi) is 1.74. The molecular formula is C7H12N2O. The van der Waals surface area contributed by atoms with Crippen LogP contribution in [0.4, 0.5) is 0 Å². The second-order valence-corrected chi connectivity index (χ2v) is 2.80. The first-order valence-electron chi connectivity index (χ1n) is 3.52. The molecule has 1 saturated heterocycles. The van der Waals surface area contributed by atoms with Crippen molar-refractivity contribution in [2.24, 2.45) is 0 Å². The largest absolute Gasteiger partial charge is 0.298 e. The third-order valence-corrected chi connectivity index (χ3v) is 1.65. The summed E-state index contributed by atoms with van der Waals surface area (Å²) in [5, 5.41) is 7.37. The van der Waals surface area contributed by atoms with Gasteiger partial charge in [0.25, 0.3) is 0 Å². The number of nitrogens with one attached hydrogen (secondary N) is 1. The van der Waals surface area contributed by atoms with Crippen LogP contribution in [0.2, 0.25) is 0 Å². The lowest BCUT2D eigenvalue weighted by molar-refractivity contribution is -0.126. The smallest absolute Gasteiger partial charge is 0.228 e. The average molecular weight is 140 g/mol. The van der Waals surface area contributed by atoms with Crippen LogP contribution >= 0.6 is 0 Å². The summed E-state index contributed by atoms with van der Waals surface area (Å²) in [6.07, 6.45) is 1.15. The molecule has 1 aliphatic heterocycles. The van der Waals surface area contributed by atoms with E-state index in [4.69, 9.17) is 5.41 Å². The van der Waals surface area contributed by atoms with Gasteiger partial charge in [-0.3, -0.25) is 15.1 Å². The SMILES string of the molecule is CC(C)N1C(=N)CCC1=O. The van der Waals surface area contributed by atoms with Crippen LogP contribution in [0.15, 0.2) is 0 Å². The van der Waals surface area contributed by atoms with E-state index in [0.29, 0.717) is 18.7 Å². The van der Waals surface area contributed by atoms with Crippen molar-refractivity contribution in [2.45, 2.75) is 32.7 Å². The van der Waals surface area contributed by atoms with Crippen LogP contribution in [0.1, 0.15) is 26.7 Å². The number of carbonyl (C=O) groups excluding carboxylic acids is 1. The fourth-order valence-electron chi connectivity index (χ4n) is 1.22. The number of likely N-dealkylation sites (tertiary alicyclic amines) is 1. The van der Waals surface area contributed by atoms with Gasteiger partial charge in [-0.2, -0.15) is 0 Å². The zero-order chi connectivity index (χ0) is 7.72. The van der Waals surface area contributed by atoms with E-state index in [9.17, 15) is 4.79 Å². The van der Waals surface area contributed by atoms with Crippen LogP contribution in [0.5, 0.6) is 0 Å². The Morgan fingerprint density at radius 3 is 2.30 bits per heavy atom. The Hall–Kier alpha value is -0.860. The fraction of sp³-hybridized carbons (Fsp3) is 0.714. The molecule has 10 heavy (non-hydrogen) atoms. The van der Waals surface area contributed by atoms with Gasteiger partial charge in [-0.15, -0.1) is 0 Å². The zero-order valence-electron chi connectivity index (χ0n) is 6.35. The molecule has 0 bridgehead atoms. The molecule has 1 amide bonds. The highest BCUT2D eigenvalue weighted by atomic mass is 16.2. The van der Waals surface area contributed by atoms with Crippen molar-refractivity contribution in [3.63, 3.8) is 0 Å². The van der Waals surface area contributed by atoms with Crippen LogP contribution < -0.4 is 0 Å². The molecule has 0 radical (unpaired) electrons. The Labute approximate surface area is 60.5 Å². The monoisotopic (exact) mass is 140 g/mol. The second kappa shape index (κ2) is 2.40. The summed E-state index contributed by atoms with van der Waals surface area (Å²) in [6, 6.07) is 0.155. The Bertz CT molecular complexity index is 158. The van der Waals surface area contributed by atoms with Crippen molar-refractivity contribution >= 4 is 11.7 Å². The molecule has 1 heterocycles. The minimum atomic E-state index is 0.0972. The van der Waals surface area contributed by atoms with Gasteiger partial charge in [0.05, 0.1) is 0 Å². The van der Waals surface area contributed by atoms with Crippen LogP contribution in [-0.4, -0.2) is 22.7 Å². The molecule has 0 aromatic heterocycles. The molecule has 56 valence electrons. The van der Waals surface area contributed by atoms with E-state index in [-0.39, 0.29) is 11.9 Å². The first-order valence-corrected chi connectivity index (χ1v) is 3.52. The van der Waals surface area contributed by atoms with E-state index in [2.05, 4.69) is 0 Å². The zero-order valence-corrected chi connectivity index (χ0v) is 6.35. The molecule has 1 rings (SSSR count). The van der Waals surface area contributed by atoms with Gasteiger partial charge in [-0.1, -0.05) is 0 Å². The third kappa shape index (κ3) is 1.03. The molecule has 3 heteroatoms. The minimum Gasteiger partial charge on any atom is -0.298 e. The van der Waals surface area contributed by atoms with Gasteiger partial charge >= 0.3 is 0 Å². The summed E-state index contributed by atoms with van der Waals surface area (Å²) in [6.45, 7) is 3.86. The van der Waals surface area contributed by atoms with E-state index < -0.39 is 0 Å². The van der Waals surface area contributed by atoms with Crippen LogP contribution in [0.3, 0.4) is 0 Å². The molecule has 3 nitrogen and oxygen atoms in total. The highest BCUT2D eigenvalue weighted by molar-refractivity contribution is 6.03. The standard InChI is InChI=1S/C7H12N2O/c1-5(2)9-6(8)3-4-7(9)10/h5,8H,3-4H2,1-2H3. The first kappa shape index (κ1) is 7.25. The van der Waals surface area contributed by atoms with Gasteiger partial charge in [-0.25, -0.2) is 0 Å². The first-order chi connectivity index (χ1) is 4.63. The number of hydrogen-bond acceptors (Lipinski definition) is 2. The predicted octanol–water partition coefficient (Wildman–Crippen LogP) is 0.994. The van der Waals surface area contributed by atoms with Crippen molar-refractivity contribution in [1.29, 1.82) is 5.41 Å². The maximum absolute atomic E-state index is 11.0. The number of nitrogens with zero attached hydrogens (tertiary/aromatic N) is 1. The van der Waals surface area contributed by atoms with E-state index in [1.54, 1.807) is 4.90 Å². The lowest BCUT2D eigenvalue weighted by Gasteiger charge is -2.19. The highest BCUT2D eigenvalue weighted by Crippen LogP contribution is 2.14. The average Bonchev–Trinajstić information content (AvgIpc) is 2.11. The van der Waals surface area contributed by atoms with Gasteiger partial charge in [0, 0.05) is 18.9 Å². The van der Waals surface area contributed by atoms with E-state index in [0.717, 1.165) is 0 Å². The maximum Gasteiger partial charge on any atom is 0.228 e. The lowest BCUT2D eigenvalue weighted by Crippen LogP contribution is -2.34. The molecule has 0 aliphatic carbocycles. The highest BCUT2D eigenvalue weighted by Gasteiger charge is 2.27. The number of rotatable bonds is 1. The molecule has 1 fully saturated rings. The number of amides is 1. The lowest BCUT2D eigenvalue weighted by atomic mass is 10.3. The Balaban J connectivity index is 2.72.